The van der Waals surface area contributed by atoms with Crippen LogP contribution >= 0.6 is 0 Å². The van der Waals surface area contributed by atoms with Crippen LogP contribution in [0.15, 0.2) is 0 Å². The van der Waals surface area contributed by atoms with E-state index in [1.165, 1.54) is 0 Å². The summed E-state index contributed by atoms with van der Waals surface area (Å²) in [7, 11) is 0. The van der Waals surface area contributed by atoms with Crippen LogP contribution in [0.1, 0.15) is 34.1 Å². The second-order valence-corrected chi connectivity index (χ2v) is 3.02. The van der Waals surface area contributed by atoms with Crippen LogP contribution in [-0.4, -0.2) is 18.6 Å². The van der Waals surface area contributed by atoms with Gasteiger partial charge in [0.25, 0.3) is 5.92 Å². The van der Waals surface area contributed by atoms with Gasteiger partial charge in [0, 0.05) is 5.92 Å². The molecule has 0 spiro atoms. The maximum atomic E-state index is 12.6. The second kappa shape index (κ2) is 4.75. The van der Waals surface area contributed by atoms with Gasteiger partial charge in [-0.1, -0.05) is 20.8 Å². The van der Waals surface area contributed by atoms with E-state index in [1.807, 2.05) is 20.8 Å². The van der Waals surface area contributed by atoms with E-state index < -0.39 is 18.4 Å². The summed E-state index contributed by atoms with van der Waals surface area (Å²) in [5.41, 5.74) is 0. The molecule has 0 aromatic carbocycles. The first-order chi connectivity index (χ1) is 5.52. The Morgan fingerprint density at radius 1 is 1.25 bits per heavy atom. The highest BCUT2D eigenvalue weighted by atomic mass is 19.3. The molecule has 1 nitrogen and oxygen atoms in total. The average Bonchev–Trinajstić information content (AvgIpc) is 2.03. The zero-order valence-corrected chi connectivity index (χ0v) is 8.23. The summed E-state index contributed by atoms with van der Waals surface area (Å²) in [4.78, 5) is 0. The number of rotatable bonds is 0. The fourth-order valence-electron chi connectivity index (χ4n) is 1.13. The molecule has 12 heavy (non-hydrogen) atoms. The van der Waals surface area contributed by atoms with Crippen molar-refractivity contribution in [2.24, 2.45) is 5.92 Å². The van der Waals surface area contributed by atoms with E-state index in [9.17, 15) is 8.78 Å². The zero-order valence-electron chi connectivity index (χ0n) is 8.23. The monoisotopic (exact) mass is 180 g/mol. The van der Waals surface area contributed by atoms with E-state index in [0.717, 1.165) is 0 Å². The Morgan fingerprint density at radius 3 is 2.08 bits per heavy atom. The van der Waals surface area contributed by atoms with Gasteiger partial charge in [-0.3, -0.25) is 0 Å². The van der Waals surface area contributed by atoms with Crippen molar-refractivity contribution in [3.8, 4) is 0 Å². The molecular formula is C9H18F2O. The van der Waals surface area contributed by atoms with Gasteiger partial charge in [-0.15, -0.1) is 0 Å². The largest absolute Gasteiger partial charge is 0.372 e. The lowest BCUT2D eigenvalue weighted by Gasteiger charge is -2.32. The van der Waals surface area contributed by atoms with Crippen LogP contribution in [0.2, 0.25) is 0 Å². The van der Waals surface area contributed by atoms with E-state index in [0.29, 0.717) is 6.42 Å². The molecule has 1 fully saturated rings. The highest BCUT2D eigenvalue weighted by Crippen LogP contribution is 2.33. The smallest absolute Gasteiger partial charge is 0.273 e. The van der Waals surface area contributed by atoms with Gasteiger partial charge in [0.2, 0.25) is 0 Å². The van der Waals surface area contributed by atoms with Crippen LogP contribution in [0.4, 0.5) is 8.78 Å². The average molecular weight is 180 g/mol. The third-order valence-corrected chi connectivity index (χ3v) is 1.97. The lowest BCUT2D eigenvalue weighted by Crippen LogP contribution is -2.40. The minimum absolute atomic E-state index is 0.00498. The van der Waals surface area contributed by atoms with Gasteiger partial charge in [-0.25, -0.2) is 8.78 Å². The summed E-state index contributed by atoms with van der Waals surface area (Å²) in [6, 6.07) is 0. The fourth-order valence-corrected chi connectivity index (χ4v) is 1.13. The van der Waals surface area contributed by atoms with Gasteiger partial charge < -0.3 is 4.74 Å². The third-order valence-electron chi connectivity index (χ3n) is 1.97. The summed E-state index contributed by atoms with van der Waals surface area (Å²) < 4.78 is 30.1. The lowest BCUT2D eigenvalue weighted by atomic mass is 9.95. The molecule has 2 unspecified atom stereocenters. The molecule has 74 valence electrons. The molecule has 0 aromatic rings. The van der Waals surface area contributed by atoms with Crippen molar-refractivity contribution in [2.75, 3.05) is 6.61 Å². The highest BCUT2D eigenvalue weighted by molar-refractivity contribution is 4.79. The second-order valence-electron chi connectivity index (χ2n) is 3.02. The van der Waals surface area contributed by atoms with Crippen LogP contribution in [-0.2, 0) is 4.74 Å². The van der Waals surface area contributed by atoms with Crippen LogP contribution in [0.3, 0.4) is 0 Å². The van der Waals surface area contributed by atoms with E-state index in [2.05, 4.69) is 0 Å². The molecule has 0 aliphatic carbocycles. The molecule has 0 saturated carbocycles. The maximum absolute atomic E-state index is 12.6. The highest BCUT2D eigenvalue weighted by Gasteiger charge is 2.41. The summed E-state index contributed by atoms with van der Waals surface area (Å²) in [6.45, 7) is 6.99. The number of hydrogen-bond acceptors (Lipinski definition) is 1. The molecular weight excluding hydrogens is 162 g/mol. The summed E-state index contributed by atoms with van der Waals surface area (Å²) in [6.07, 6.45) is 0.460. The maximum Gasteiger partial charge on any atom is 0.273 e. The Labute approximate surface area is 73.1 Å². The summed E-state index contributed by atoms with van der Waals surface area (Å²) in [5, 5.41) is 0. The molecule has 3 heteroatoms. The molecule has 0 radical (unpaired) electrons. The molecule has 0 bridgehead atoms. The topological polar surface area (TPSA) is 9.23 Å². The van der Waals surface area contributed by atoms with Crippen molar-refractivity contribution >= 4 is 0 Å². The number of alkyl halides is 2. The minimum atomic E-state index is -2.60. The molecule has 0 aromatic heterocycles. The quantitative estimate of drug-likeness (QED) is 0.556. The Hall–Kier alpha value is -0.180. The normalized spacial score (nSPS) is 33.5. The van der Waals surface area contributed by atoms with E-state index in [4.69, 9.17) is 4.74 Å². The van der Waals surface area contributed by atoms with Crippen molar-refractivity contribution in [1.82, 2.24) is 0 Å². The molecule has 2 atom stereocenters. The van der Waals surface area contributed by atoms with Crippen LogP contribution < -0.4 is 0 Å². The zero-order chi connectivity index (χ0) is 9.78. The molecule has 1 rings (SSSR count). The van der Waals surface area contributed by atoms with Gasteiger partial charge in [0.05, 0.1) is 6.10 Å². The predicted molar refractivity (Wildman–Crippen MR) is 45.5 cm³/mol. The molecule has 0 amide bonds. The first-order valence-electron chi connectivity index (χ1n) is 4.52. The molecule has 1 aliphatic rings. The Morgan fingerprint density at radius 2 is 1.75 bits per heavy atom. The molecule has 0 N–H and O–H groups in total. The van der Waals surface area contributed by atoms with Crippen molar-refractivity contribution in [1.29, 1.82) is 0 Å². The Bertz CT molecular complexity index is 126. The molecule has 1 aliphatic heterocycles. The van der Waals surface area contributed by atoms with Crippen molar-refractivity contribution in [3.05, 3.63) is 0 Å². The number of ether oxygens (including phenoxy) is 1. The van der Waals surface area contributed by atoms with Crippen LogP contribution in [0.25, 0.3) is 0 Å². The molecule has 1 heterocycles. The van der Waals surface area contributed by atoms with Crippen LogP contribution in [0.5, 0.6) is 0 Å². The Balaban J connectivity index is 0.000000561. The first-order valence-corrected chi connectivity index (χ1v) is 4.52. The predicted octanol–water partition coefficient (Wildman–Crippen LogP) is 3.09. The lowest BCUT2D eigenvalue weighted by molar-refractivity contribution is -0.171. The van der Waals surface area contributed by atoms with E-state index in [-0.39, 0.29) is 6.10 Å². The summed E-state index contributed by atoms with van der Waals surface area (Å²) in [5.74, 6) is -3.14. The standard InChI is InChI=1S/C7H12F2O.C2H6/c1-5-3-6(2)10-4-7(5,8)9;1-2/h5-6H,3-4H2,1-2H3;1-2H3. The van der Waals surface area contributed by atoms with Gasteiger partial charge in [-0.2, -0.15) is 0 Å². The SMILES string of the molecule is CC.CC1CC(C)C(F)(F)CO1. The van der Waals surface area contributed by atoms with Gasteiger partial charge >= 0.3 is 0 Å². The van der Waals surface area contributed by atoms with Crippen molar-refractivity contribution in [2.45, 2.75) is 46.1 Å². The third kappa shape index (κ3) is 3.05. The fraction of sp³-hybridized carbons (Fsp3) is 1.00. The van der Waals surface area contributed by atoms with Crippen molar-refractivity contribution < 1.29 is 13.5 Å². The van der Waals surface area contributed by atoms with E-state index in [1.54, 1.807) is 6.92 Å². The Kier molecular flexibility index (Phi) is 4.68. The first kappa shape index (κ1) is 11.8. The number of hydrogen-bond donors (Lipinski definition) is 0. The summed E-state index contributed by atoms with van der Waals surface area (Å²) >= 11 is 0. The van der Waals surface area contributed by atoms with Gasteiger partial charge in [-0.05, 0) is 13.3 Å². The van der Waals surface area contributed by atoms with E-state index >= 15 is 0 Å². The minimum Gasteiger partial charge on any atom is -0.372 e. The van der Waals surface area contributed by atoms with Gasteiger partial charge in [0.1, 0.15) is 6.61 Å². The van der Waals surface area contributed by atoms with Gasteiger partial charge in [0.15, 0.2) is 0 Å². The molecule has 1 saturated heterocycles. The van der Waals surface area contributed by atoms with Crippen molar-refractivity contribution in [3.63, 3.8) is 0 Å². The number of halogens is 2. The van der Waals surface area contributed by atoms with Crippen LogP contribution in [0, 0.1) is 5.92 Å².